The molecule has 26 heavy (non-hydrogen) atoms. The van der Waals surface area contributed by atoms with Gasteiger partial charge in [-0.3, -0.25) is 4.99 Å². The van der Waals surface area contributed by atoms with Crippen LogP contribution in [0.25, 0.3) is 0 Å². The molecule has 1 fully saturated rings. The predicted octanol–water partition coefficient (Wildman–Crippen LogP) is 3.52. The van der Waals surface area contributed by atoms with Crippen molar-refractivity contribution in [1.82, 2.24) is 10.2 Å². The topological polar surface area (TPSA) is 55.3 Å². The Morgan fingerprint density at radius 3 is 2.50 bits per heavy atom. The number of halogens is 2. The molecule has 148 valence electrons. The molecule has 0 aliphatic heterocycles. The zero-order valence-electron chi connectivity index (χ0n) is 15.9. The number of ether oxygens (including phenoxy) is 3. The number of aliphatic imine (C=N–C) groups is 1. The lowest BCUT2D eigenvalue weighted by Crippen LogP contribution is -2.40. The van der Waals surface area contributed by atoms with E-state index in [2.05, 4.69) is 31.1 Å². The summed E-state index contributed by atoms with van der Waals surface area (Å²) in [5, 5.41) is 3.37. The van der Waals surface area contributed by atoms with Crippen LogP contribution >= 0.6 is 39.9 Å². The van der Waals surface area contributed by atoms with Crippen molar-refractivity contribution in [3.8, 4) is 11.5 Å². The molecule has 1 aromatic rings. The van der Waals surface area contributed by atoms with Gasteiger partial charge >= 0.3 is 0 Å². The summed E-state index contributed by atoms with van der Waals surface area (Å²) in [6.45, 7) is 3.03. The van der Waals surface area contributed by atoms with E-state index in [1.165, 1.54) is 12.8 Å². The van der Waals surface area contributed by atoms with Crippen LogP contribution in [0.15, 0.2) is 21.6 Å². The average Bonchev–Trinajstić information content (AvgIpc) is 3.44. The first-order valence-corrected chi connectivity index (χ1v) is 9.28. The highest BCUT2D eigenvalue weighted by Gasteiger charge is 2.21. The van der Waals surface area contributed by atoms with Crippen molar-refractivity contribution >= 4 is 45.9 Å². The predicted molar refractivity (Wildman–Crippen MR) is 119 cm³/mol. The van der Waals surface area contributed by atoms with Crippen LogP contribution in [0, 0.1) is 5.92 Å². The van der Waals surface area contributed by atoms with Crippen molar-refractivity contribution < 1.29 is 14.2 Å². The van der Waals surface area contributed by atoms with Gasteiger partial charge in [0.15, 0.2) is 17.5 Å². The number of benzene rings is 1. The van der Waals surface area contributed by atoms with Gasteiger partial charge < -0.3 is 24.4 Å². The Labute approximate surface area is 181 Å². The standard InChI is InChI=1S/C18H28BrN3O3.HI/c1-20-18(22(2)7-8-25-12-13-5-6-13)21-11-14-9-16(23-3)17(24-4)10-15(14)19;/h9-10,13H,5-8,11-12H2,1-4H3,(H,20,21);1H. The van der Waals surface area contributed by atoms with Gasteiger partial charge in [0.2, 0.25) is 0 Å². The lowest BCUT2D eigenvalue weighted by Gasteiger charge is -2.22. The van der Waals surface area contributed by atoms with Crippen LogP contribution in [0.2, 0.25) is 0 Å². The molecule has 1 aromatic carbocycles. The SMILES string of the molecule is CN=C(NCc1cc(OC)c(OC)cc1Br)N(C)CCOCC1CC1.I. The van der Waals surface area contributed by atoms with E-state index in [0.29, 0.717) is 24.7 Å². The summed E-state index contributed by atoms with van der Waals surface area (Å²) in [7, 11) is 7.06. The summed E-state index contributed by atoms with van der Waals surface area (Å²) in [5.41, 5.74) is 1.07. The first kappa shape index (κ1) is 23.3. The third kappa shape index (κ3) is 7.11. The van der Waals surface area contributed by atoms with Gasteiger partial charge in [-0.25, -0.2) is 0 Å². The highest BCUT2D eigenvalue weighted by molar-refractivity contribution is 14.0. The van der Waals surface area contributed by atoms with Crippen LogP contribution < -0.4 is 14.8 Å². The molecule has 0 saturated heterocycles. The van der Waals surface area contributed by atoms with E-state index in [-0.39, 0.29) is 24.0 Å². The quantitative estimate of drug-likeness (QED) is 0.224. The maximum absolute atomic E-state index is 5.70. The third-order valence-electron chi connectivity index (χ3n) is 4.18. The van der Waals surface area contributed by atoms with Crippen LogP contribution in [0.3, 0.4) is 0 Å². The van der Waals surface area contributed by atoms with Crippen molar-refractivity contribution in [2.24, 2.45) is 10.9 Å². The van der Waals surface area contributed by atoms with Gasteiger partial charge in [-0.1, -0.05) is 15.9 Å². The number of nitrogens with zero attached hydrogens (tertiary/aromatic N) is 2. The zero-order valence-corrected chi connectivity index (χ0v) is 19.8. The molecular weight excluding hydrogens is 513 g/mol. The minimum Gasteiger partial charge on any atom is -0.493 e. The highest BCUT2D eigenvalue weighted by Crippen LogP contribution is 2.33. The van der Waals surface area contributed by atoms with Gasteiger partial charge in [0.05, 0.1) is 20.8 Å². The molecule has 1 saturated carbocycles. The Kier molecular flexibility index (Phi) is 10.6. The summed E-state index contributed by atoms with van der Waals surface area (Å²) in [4.78, 5) is 6.41. The average molecular weight is 542 g/mol. The molecule has 0 unspecified atom stereocenters. The molecule has 0 spiro atoms. The van der Waals surface area contributed by atoms with Crippen molar-refractivity contribution in [1.29, 1.82) is 0 Å². The van der Waals surface area contributed by atoms with Gasteiger partial charge in [-0.05, 0) is 36.5 Å². The molecule has 1 N–H and O–H groups in total. The Balaban J connectivity index is 0.00000338. The molecule has 0 bridgehead atoms. The smallest absolute Gasteiger partial charge is 0.193 e. The van der Waals surface area contributed by atoms with Crippen LogP contribution in [-0.4, -0.2) is 58.9 Å². The normalized spacial score (nSPS) is 13.8. The number of guanidine groups is 1. The maximum Gasteiger partial charge on any atom is 0.193 e. The van der Waals surface area contributed by atoms with Crippen LogP contribution in [-0.2, 0) is 11.3 Å². The number of hydrogen-bond acceptors (Lipinski definition) is 4. The van der Waals surface area contributed by atoms with Gasteiger partial charge in [0.25, 0.3) is 0 Å². The van der Waals surface area contributed by atoms with Gasteiger partial charge in [-0.15, -0.1) is 24.0 Å². The number of hydrogen-bond donors (Lipinski definition) is 1. The van der Waals surface area contributed by atoms with E-state index in [1.807, 2.05) is 19.2 Å². The largest absolute Gasteiger partial charge is 0.493 e. The first-order valence-electron chi connectivity index (χ1n) is 8.49. The summed E-state index contributed by atoms with van der Waals surface area (Å²) in [5.74, 6) is 3.04. The molecule has 0 atom stereocenters. The van der Waals surface area contributed by atoms with E-state index in [1.54, 1.807) is 21.3 Å². The molecule has 0 radical (unpaired) electrons. The number of methoxy groups -OCH3 is 2. The van der Waals surface area contributed by atoms with E-state index in [9.17, 15) is 0 Å². The zero-order chi connectivity index (χ0) is 18.2. The minimum absolute atomic E-state index is 0. The molecule has 0 amide bonds. The molecule has 1 aliphatic carbocycles. The van der Waals surface area contributed by atoms with E-state index in [4.69, 9.17) is 14.2 Å². The number of nitrogens with one attached hydrogen (secondary N) is 1. The Hall–Kier alpha value is -0.740. The molecule has 0 aromatic heterocycles. The molecule has 1 aliphatic rings. The van der Waals surface area contributed by atoms with Crippen LogP contribution in [0.5, 0.6) is 11.5 Å². The van der Waals surface area contributed by atoms with E-state index < -0.39 is 0 Å². The minimum atomic E-state index is 0. The van der Waals surface area contributed by atoms with E-state index in [0.717, 1.165) is 35.1 Å². The molecule has 8 heteroatoms. The summed E-state index contributed by atoms with van der Waals surface area (Å²) in [6.07, 6.45) is 2.64. The molecular formula is C18H29BrIN3O3. The highest BCUT2D eigenvalue weighted by atomic mass is 127. The second kappa shape index (κ2) is 11.9. The molecule has 6 nitrogen and oxygen atoms in total. The van der Waals surface area contributed by atoms with Gasteiger partial charge in [0.1, 0.15) is 0 Å². The second-order valence-corrected chi connectivity index (χ2v) is 6.99. The van der Waals surface area contributed by atoms with Crippen LogP contribution in [0.1, 0.15) is 18.4 Å². The molecule has 2 rings (SSSR count). The Morgan fingerprint density at radius 2 is 1.92 bits per heavy atom. The fourth-order valence-corrected chi connectivity index (χ4v) is 2.90. The van der Waals surface area contributed by atoms with Crippen molar-refractivity contribution in [2.45, 2.75) is 19.4 Å². The lowest BCUT2D eigenvalue weighted by molar-refractivity contribution is 0.115. The maximum atomic E-state index is 5.70. The van der Waals surface area contributed by atoms with Crippen molar-refractivity contribution in [3.63, 3.8) is 0 Å². The van der Waals surface area contributed by atoms with Crippen molar-refractivity contribution in [3.05, 3.63) is 22.2 Å². The third-order valence-corrected chi connectivity index (χ3v) is 4.92. The number of likely N-dealkylation sites (N-methyl/N-ethyl adjacent to an activating group) is 1. The Bertz CT molecular complexity index is 597. The summed E-state index contributed by atoms with van der Waals surface area (Å²) >= 11 is 3.58. The fraction of sp³-hybridized carbons (Fsp3) is 0.611. The summed E-state index contributed by atoms with van der Waals surface area (Å²) < 4.78 is 17.3. The van der Waals surface area contributed by atoms with Crippen LogP contribution in [0.4, 0.5) is 0 Å². The Morgan fingerprint density at radius 1 is 1.27 bits per heavy atom. The summed E-state index contributed by atoms with van der Waals surface area (Å²) in [6, 6.07) is 3.87. The first-order chi connectivity index (χ1) is 12.1. The van der Waals surface area contributed by atoms with E-state index >= 15 is 0 Å². The van der Waals surface area contributed by atoms with Gasteiger partial charge in [-0.2, -0.15) is 0 Å². The lowest BCUT2D eigenvalue weighted by atomic mass is 10.2. The number of rotatable bonds is 9. The monoisotopic (exact) mass is 541 g/mol. The second-order valence-electron chi connectivity index (χ2n) is 6.14. The van der Waals surface area contributed by atoms with Crippen molar-refractivity contribution in [2.75, 3.05) is 48.1 Å². The molecule has 0 heterocycles. The van der Waals surface area contributed by atoms with Gasteiger partial charge in [0, 0.05) is 38.3 Å². The fourth-order valence-electron chi connectivity index (χ4n) is 2.43.